The van der Waals surface area contributed by atoms with Gasteiger partial charge in [0, 0.05) is 12.6 Å². The van der Waals surface area contributed by atoms with Crippen LogP contribution in [0.1, 0.15) is 60.8 Å². The van der Waals surface area contributed by atoms with Crippen molar-refractivity contribution in [3.63, 3.8) is 0 Å². The number of methoxy groups -OCH3 is 1. The first-order chi connectivity index (χ1) is 7.16. The van der Waals surface area contributed by atoms with E-state index in [-0.39, 0.29) is 11.1 Å². The predicted octanol–water partition coefficient (Wildman–Crippen LogP) is 3.61. The molecule has 0 aliphatic heterocycles. The molecule has 2 heteroatoms. The molecule has 2 nitrogen and oxygen atoms in total. The van der Waals surface area contributed by atoms with Gasteiger partial charge in [-0.3, -0.25) is 0 Å². The van der Waals surface area contributed by atoms with Crippen molar-refractivity contribution in [2.24, 2.45) is 5.92 Å². The fourth-order valence-electron chi connectivity index (χ4n) is 1.53. The molecular weight excluding hydrogens is 198 g/mol. The van der Waals surface area contributed by atoms with Gasteiger partial charge in [-0.1, -0.05) is 6.92 Å². The molecule has 0 saturated carbocycles. The van der Waals surface area contributed by atoms with Crippen molar-refractivity contribution in [3.05, 3.63) is 0 Å². The summed E-state index contributed by atoms with van der Waals surface area (Å²) in [6, 6.07) is 0. The summed E-state index contributed by atoms with van der Waals surface area (Å²) in [7, 11) is 1.80. The van der Waals surface area contributed by atoms with Crippen LogP contribution in [0.25, 0.3) is 0 Å². The first kappa shape index (κ1) is 15.9. The molecule has 0 radical (unpaired) electrons. The lowest BCUT2D eigenvalue weighted by Crippen LogP contribution is -2.37. The van der Waals surface area contributed by atoms with Crippen LogP contribution in [0.5, 0.6) is 0 Å². The van der Waals surface area contributed by atoms with Crippen LogP contribution in [0.15, 0.2) is 0 Å². The highest BCUT2D eigenvalue weighted by Gasteiger charge is 2.17. The fourth-order valence-corrected chi connectivity index (χ4v) is 1.53. The molecule has 0 rings (SSSR count). The molecule has 16 heavy (non-hydrogen) atoms. The van der Waals surface area contributed by atoms with E-state index < -0.39 is 0 Å². The van der Waals surface area contributed by atoms with Gasteiger partial charge < -0.3 is 10.1 Å². The van der Waals surface area contributed by atoms with Crippen LogP contribution < -0.4 is 5.32 Å². The maximum Gasteiger partial charge on any atom is 0.0622 e. The third-order valence-electron chi connectivity index (χ3n) is 3.08. The highest BCUT2D eigenvalue weighted by atomic mass is 16.5. The van der Waals surface area contributed by atoms with E-state index in [0.29, 0.717) is 0 Å². The Morgan fingerprint density at radius 2 is 1.62 bits per heavy atom. The maximum atomic E-state index is 5.43. The Bertz CT molecular complexity index is 182. The molecule has 1 N–H and O–H groups in total. The summed E-state index contributed by atoms with van der Waals surface area (Å²) >= 11 is 0. The molecule has 0 spiro atoms. The minimum Gasteiger partial charge on any atom is -0.379 e. The molecule has 0 aliphatic rings. The Hall–Kier alpha value is -0.0800. The third kappa shape index (κ3) is 9.17. The summed E-state index contributed by atoms with van der Waals surface area (Å²) in [4.78, 5) is 0. The van der Waals surface area contributed by atoms with Gasteiger partial charge in [-0.05, 0) is 66.3 Å². The van der Waals surface area contributed by atoms with Crippen molar-refractivity contribution in [2.45, 2.75) is 71.9 Å². The van der Waals surface area contributed by atoms with Gasteiger partial charge in [0.2, 0.25) is 0 Å². The van der Waals surface area contributed by atoms with E-state index >= 15 is 0 Å². The van der Waals surface area contributed by atoms with Crippen LogP contribution in [-0.2, 0) is 4.74 Å². The monoisotopic (exact) mass is 229 g/mol. The van der Waals surface area contributed by atoms with Gasteiger partial charge in [-0.15, -0.1) is 0 Å². The van der Waals surface area contributed by atoms with E-state index in [0.717, 1.165) is 18.9 Å². The average Bonchev–Trinajstić information content (AvgIpc) is 2.13. The number of rotatable bonds is 7. The summed E-state index contributed by atoms with van der Waals surface area (Å²) < 4.78 is 5.43. The van der Waals surface area contributed by atoms with Crippen LogP contribution in [0, 0.1) is 5.92 Å². The molecule has 0 fully saturated rings. The largest absolute Gasteiger partial charge is 0.379 e. The quantitative estimate of drug-likeness (QED) is 0.720. The minimum absolute atomic E-state index is 0.0334. The minimum atomic E-state index is 0.0334. The molecule has 98 valence electrons. The first-order valence-corrected chi connectivity index (χ1v) is 6.46. The summed E-state index contributed by atoms with van der Waals surface area (Å²) in [6.45, 7) is 14.4. The zero-order chi connectivity index (χ0) is 12.8. The molecule has 1 unspecified atom stereocenters. The van der Waals surface area contributed by atoms with Crippen molar-refractivity contribution >= 4 is 0 Å². The lowest BCUT2D eigenvalue weighted by atomic mass is 9.93. The summed E-state index contributed by atoms with van der Waals surface area (Å²) in [5.41, 5.74) is 0.275. The van der Waals surface area contributed by atoms with E-state index in [2.05, 4.69) is 46.9 Å². The lowest BCUT2D eigenvalue weighted by molar-refractivity contribution is 0.0106. The van der Waals surface area contributed by atoms with E-state index in [9.17, 15) is 0 Å². The van der Waals surface area contributed by atoms with Crippen LogP contribution in [0.3, 0.4) is 0 Å². The second-order valence-corrected chi connectivity index (χ2v) is 6.57. The second-order valence-electron chi connectivity index (χ2n) is 6.57. The molecule has 0 aromatic rings. The summed E-state index contributed by atoms with van der Waals surface area (Å²) in [5, 5.41) is 3.53. The van der Waals surface area contributed by atoms with Crippen molar-refractivity contribution in [1.29, 1.82) is 0 Å². The van der Waals surface area contributed by atoms with Crippen molar-refractivity contribution < 1.29 is 4.74 Å². The van der Waals surface area contributed by atoms with Gasteiger partial charge in [-0.25, -0.2) is 0 Å². The van der Waals surface area contributed by atoms with E-state index in [1.165, 1.54) is 12.8 Å². The molecule has 0 aromatic carbocycles. The van der Waals surface area contributed by atoms with Gasteiger partial charge in [0.1, 0.15) is 0 Å². The van der Waals surface area contributed by atoms with Gasteiger partial charge in [0.15, 0.2) is 0 Å². The SMILES string of the molecule is COC(C)(C)CCC(C)CCNC(C)(C)C. The lowest BCUT2D eigenvalue weighted by Gasteiger charge is -2.25. The number of hydrogen-bond acceptors (Lipinski definition) is 2. The van der Waals surface area contributed by atoms with Crippen molar-refractivity contribution in [1.82, 2.24) is 5.32 Å². The standard InChI is InChI=1S/C14H31NO/c1-12(8-10-14(5,6)16-7)9-11-15-13(2,3)4/h12,15H,8-11H2,1-7H3. The smallest absolute Gasteiger partial charge is 0.0622 e. The van der Waals surface area contributed by atoms with Crippen LogP contribution in [0.4, 0.5) is 0 Å². The summed E-state index contributed by atoms with van der Waals surface area (Å²) in [5.74, 6) is 0.768. The average molecular weight is 229 g/mol. The molecule has 0 amide bonds. The van der Waals surface area contributed by atoms with Crippen LogP contribution in [-0.4, -0.2) is 24.8 Å². The number of hydrogen-bond donors (Lipinski definition) is 1. The first-order valence-electron chi connectivity index (χ1n) is 6.46. The van der Waals surface area contributed by atoms with E-state index in [1.54, 1.807) is 7.11 Å². The molecule has 0 aromatic heterocycles. The van der Waals surface area contributed by atoms with Crippen molar-refractivity contribution in [3.8, 4) is 0 Å². The van der Waals surface area contributed by atoms with E-state index in [4.69, 9.17) is 4.74 Å². The maximum absolute atomic E-state index is 5.43. The Morgan fingerprint density at radius 3 is 2.06 bits per heavy atom. The van der Waals surface area contributed by atoms with Gasteiger partial charge in [0.25, 0.3) is 0 Å². The zero-order valence-corrected chi connectivity index (χ0v) is 12.3. The highest BCUT2D eigenvalue weighted by molar-refractivity contribution is 4.72. The van der Waals surface area contributed by atoms with Crippen LogP contribution in [0.2, 0.25) is 0 Å². The third-order valence-corrected chi connectivity index (χ3v) is 3.08. The van der Waals surface area contributed by atoms with E-state index in [1.807, 2.05) is 0 Å². The molecule has 0 aliphatic carbocycles. The predicted molar refractivity (Wildman–Crippen MR) is 71.9 cm³/mol. The van der Waals surface area contributed by atoms with Crippen molar-refractivity contribution in [2.75, 3.05) is 13.7 Å². The topological polar surface area (TPSA) is 21.3 Å². The molecule has 1 atom stereocenters. The number of ether oxygens (including phenoxy) is 1. The van der Waals surface area contributed by atoms with Gasteiger partial charge in [-0.2, -0.15) is 0 Å². The molecule has 0 heterocycles. The fraction of sp³-hybridized carbons (Fsp3) is 1.00. The van der Waals surface area contributed by atoms with Gasteiger partial charge >= 0.3 is 0 Å². The Labute approximate surface area is 102 Å². The molecular formula is C14H31NO. The summed E-state index contributed by atoms with van der Waals surface area (Å²) in [6.07, 6.45) is 3.63. The molecule has 0 bridgehead atoms. The highest BCUT2D eigenvalue weighted by Crippen LogP contribution is 2.20. The zero-order valence-electron chi connectivity index (χ0n) is 12.3. The van der Waals surface area contributed by atoms with Crippen LogP contribution >= 0.6 is 0 Å². The number of nitrogens with one attached hydrogen (secondary N) is 1. The Kier molecular flexibility index (Phi) is 6.57. The second kappa shape index (κ2) is 6.61. The van der Waals surface area contributed by atoms with Gasteiger partial charge in [0.05, 0.1) is 5.60 Å². The normalized spacial score (nSPS) is 15.2. The molecule has 0 saturated heterocycles. The Morgan fingerprint density at radius 1 is 1.06 bits per heavy atom. The Balaban J connectivity index is 3.64.